The Hall–Kier alpha value is -3.98. The second-order valence-electron chi connectivity index (χ2n) is 8.21. The van der Waals surface area contributed by atoms with Gasteiger partial charge >= 0.3 is 11.9 Å². The number of rotatable bonds is 6. The Labute approximate surface area is 204 Å². The van der Waals surface area contributed by atoms with Crippen molar-refractivity contribution in [2.45, 2.75) is 25.2 Å². The highest BCUT2D eigenvalue weighted by atomic mass is 32.1. The van der Waals surface area contributed by atoms with Crippen LogP contribution in [0.2, 0.25) is 0 Å². The second-order valence-corrected chi connectivity index (χ2v) is 9.31. The van der Waals surface area contributed by atoms with E-state index in [1.54, 1.807) is 12.1 Å². The minimum absolute atomic E-state index is 0.246. The number of carbonyl (C=O) groups is 3. The van der Waals surface area contributed by atoms with Crippen molar-refractivity contribution in [2.24, 2.45) is 0 Å². The molecule has 1 atom stereocenters. The summed E-state index contributed by atoms with van der Waals surface area (Å²) in [6, 6.07) is 15.0. The van der Waals surface area contributed by atoms with Crippen LogP contribution < -0.4 is 5.32 Å². The number of nitrogens with zero attached hydrogens (tertiary/aromatic N) is 1. The zero-order valence-corrected chi connectivity index (χ0v) is 19.7. The fraction of sp³-hybridized carbons (Fsp3) is 0.231. The summed E-state index contributed by atoms with van der Waals surface area (Å²) in [5.41, 5.74) is 3.87. The summed E-state index contributed by atoms with van der Waals surface area (Å²) in [5, 5.41) is 3.16. The Bertz CT molecular complexity index is 1410. The van der Waals surface area contributed by atoms with Crippen LogP contribution in [-0.2, 0) is 27.1 Å². The van der Waals surface area contributed by atoms with Gasteiger partial charge in [-0.1, -0.05) is 30.3 Å². The molecule has 8 nitrogen and oxygen atoms in total. The van der Waals surface area contributed by atoms with E-state index in [1.807, 2.05) is 18.2 Å². The number of nitrogens with one attached hydrogen (secondary N) is 1. The summed E-state index contributed by atoms with van der Waals surface area (Å²) < 4.78 is 15.4. The van der Waals surface area contributed by atoms with Gasteiger partial charge in [0.25, 0.3) is 5.91 Å². The van der Waals surface area contributed by atoms with E-state index >= 15 is 0 Å². The first-order valence-electron chi connectivity index (χ1n) is 11.1. The number of anilines is 1. The Morgan fingerprint density at radius 3 is 2.77 bits per heavy atom. The summed E-state index contributed by atoms with van der Waals surface area (Å²) in [4.78, 5) is 42.6. The van der Waals surface area contributed by atoms with Crippen molar-refractivity contribution in [3.63, 3.8) is 0 Å². The highest BCUT2D eigenvalue weighted by Gasteiger charge is 2.30. The van der Waals surface area contributed by atoms with E-state index in [-0.39, 0.29) is 5.56 Å². The maximum absolute atomic E-state index is 12.6. The first-order valence-corrected chi connectivity index (χ1v) is 11.9. The number of methoxy groups -OCH3 is 1. The van der Waals surface area contributed by atoms with Crippen molar-refractivity contribution in [1.82, 2.24) is 4.98 Å². The van der Waals surface area contributed by atoms with Crippen LogP contribution in [0.1, 0.15) is 49.1 Å². The van der Waals surface area contributed by atoms with Crippen LogP contribution in [0, 0.1) is 0 Å². The lowest BCUT2D eigenvalue weighted by Crippen LogP contribution is -2.22. The minimum Gasteiger partial charge on any atom is -0.465 e. The van der Waals surface area contributed by atoms with Gasteiger partial charge in [-0.2, -0.15) is 0 Å². The third kappa shape index (κ3) is 4.67. The van der Waals surface area contributed by atoms with Gasteiger partial charge in [-0.05, 0) is 54.5 Å². The van der Waals surface area contributed by atoms with E-state index in [0.29, 0.717) is 34.0 Å². The van der Waals surface area contributed by atoms with Crippen molar-refractivity contribution in [3.8, 4) is 0 Å². The van der Waals surface area contributed by atoms with Gasteiger partial charge in [0.2, 0.25) is 0 Å². The van der Waals surface area contributed by atoms with E-state index in [2.05, 4.69) is 22.4 Å². The van der Waals surface area contributed by atoms with Crippen LogP contribution in [0.15, 0.2) is 59.3 Å². The smallest absolute Gasteiger partial charge is 0.341 e. The van der Waals surface area contributed by atoms with Gasteiger partial charge in [0.15, 0.2) is 18.6 Å². The van der Waals surface area contributed by atoms with Gasteiger partial charge in [-0.15, -0.1) is 11.3 Å². The summed E-state index contributed by atoms with van der Waals surface area (Å²) in [5.74, 6) is -1.35. The molecule has 2 heterocycles. The van der Waals surface area contributed by atoms with Crippen LogP contribution in [-0.4, -0.2) is 36.5 Å². The van der Waals surface area contributed by atoms with Crippen molar-refractivity contribution in [1.29, 1.82) is 0 Å². The molecule has 4 aromatic rings. The maximum atomic E-state index is 12.6. The number of hydrogen-bond acceptors (Lipinski definition) is 8. The number of oxazole rings is 1. The average Bonchev–Trinajstić information content (AvgIpc) is 3.50. The number of benzene rings is 2. The Kier molecular flexibility index (Phi) is 6.33. The van der Waals surface area contributed by atoms with E-state index in [1.165, 1.54) is 36.5 Å². The molecule has 1 unspecified atom stereocenters. The van der Waals surface area contributed by atoms with Gasteiger partial charge in [0.1, 0.15) is 10.5 Å². The van der Waals surface area contributed by atoms with E-state index in [4.69, 9.17) is 13.9 Å². The molecule has 9 heteroatoms. The van der Waals surface area contributed by atoms with Crippen molar-refractivity contribution >= 4 is 45.3 Å². The molecule has 0 spiro atoms. The average molecular weight is 491 g/mol. The molecule has 1 aliphatic rings. The lowest BCUT2D eigenvalue weighted by molar-refractivity contribution is -0.119. The highest BCUT2D eigenvalue weighted by molar-refractivity contribution is 7.17. The van der Waals surface area contributed by atoms with Gasteiger partial charge in [-0.3, -0.25) is 4.79 Å². The lowest BCUT2D eigenvalue weighted by Gasteiger charge is -2.22. The predicted molar refractivity (Wildman–Crippen MR) is 130 cm³/mol. The van der Waals surface area contributed by atoms with Crippen LogP contribution in [0.5, 0.6) is 0 Å². The van der Waals surface area contributed by atoms with Crippen molar-refractivity contribution in [3.05, 3.63) is 82.1 Å². The molecular formula is C26H22N2O6S. The van der Waals surface area contributed by atoms with Gasteiger partial charge < -0.3 is 19.2 Å². The van der Waals surface area contributed by atoms with E-state index in [9.17, 15) is 14.4 Å². The topological polar surface area (TPSA) is 108 Å². The normalized spacial score (nSPS) is 14.8. The Morgan fingerprint density at radius 1 is 1.14 bits per heavy atom. The molecule has 178 valence electrons. The molecule has 1 aliphatic carbocycles. The van der Waals surface area contributed by atoms with E-state index < -0.39 is 24.5 Å². The molecule has 0 saturated heterocycles. The highest BCUT2D eigenvalue weighted by Crippen LogP contribution is 2.42. The molecule has 0 saturated carbocycles. The number of hydrogen-bond donors (Lipinski definition) is 1. The zero-order chi connectivity index (χ0) is 24.4. The second kappa shape index (κ2) is 9.71. The fourth-order valence-corrected chi connectivity index (χ4v) is 5.69. The van der Waals surface area contributed by atoms with Gasteiger partial charge in [0.05, 0.1) is 18.2 Å². The third-order valence-corrected chi connectivity index (χ3v) is 7.25. The third-order valence-electron chi connectivity index (χ3n) is 6.08. The zero-order valence-electron chi connectivity index (χ0n) is 18.9. The van der Waals surface area contributed by atoms with Crippen LogP contribution in [0.3, 0.4) is 0 Å². The standard InChI is InChI=1S/C26H22N2O6S/c1-32-26(31)23-18-9-7-16(15-5-3-2-4-6-15)12-21(18)35-24(23)28-22(29)13-33-25(30)17-8-10-19-20(11-17)34-14-27-19/h2-6,8,10-11,14,16H,7,9,12-13H2,1H3,(H,28,29). The van der Waals surface area contributed by atoms with Crippen LogP contribution in [0.4, 0.5) is 5.00 Å². The van der Waals surface area contributed by atoms with Crippen LogP contribution in [0.25, 0.3) is 11.1 Å². The first kappa shape index (κ1) is 22.8. The molecule has 2 aromatic heterocycles. The quantitative estimate of drug-likeness (QED) is 0.389. The number of aromatic nitrogens is 1. The molecule has 5 rings (SSSR count). The molecule has 0 aliphatic heterocycles. The summed E-state index contributed by atoms with van der Waals surface area (Å²) in [6.45, 7) is -0.497. The largest absolute Gasteiger partial charge is 0.465 e. The lowest BCUT2D eigenvalue weighted by atomic mass is 9.83. The Morgan fingerprint density at radius 2 is 1.97 bits per heavy atom. The molecular weight excluding hydrogens is 468 g/mol. The number of thiophene rings is 1. The molecule has 35 heavy (non-hydrogen) atoms. The summed E-state index contributed by atoms with van der Waals surface area (Å²) in [6.07, 6.45) is 3.68. The number of ether oxygens (including phenoxy) is 2. The van der Waals surface area contributed by atoms with E-state index in [0.717, 1.165) is 23.3 Å². The van der Waals surface area contributed by atoms with Gasteiger partial charge in [-0.25, -0.2) is 14.6 Å². The number of esters is 2. The number of amides is 1. The molecule has 1 amide bonds. The monoisotopic (exact) mass is 490 g/mol. The molecule has 0 fully saturated rings. The first-order chi connectivity index (χ1) is 17.0. The summed E-state index contributed by atoms with van der Waals surface area (Å²) >= 11 is 1.37. The molecule has 0 radical (unpaired) electrons. The van der Waals surface area contributed by atoms with Crippen molar-refractivity contribution < 1.29 is 28.3 Å². The van der Waals surface area contributed by atoms with Gasteiger partial charge in [0, 0.05) is 4.88 Å². The SMILES string of the molecule is COC(=O)c1c(NC(=O)COC(=O)c2ccc3ncoc3c2)sc2c1CCC(c1ccccc1)C2. The summed E-state index contributed by atoms with van der Waals surface area (Å²) in [7, 11) is 1.32. The molecule has 2 aromatic carbocycles. The number of fused-ring (bicyclic) bond motifs is 2. The molecule has 0 bridgehead atoms. The molecule has 1 N–H and O–H groups in total. The Balaban J connectivity index is 1.29. The minimum atomic E-state index is -0.664. The van der Waals surface area contributed by atoms with Crippen molar-refractivity contribution in [2.75, 3.05) is 19.0 Å². The number of carbonyl (C=O) groups excluding carboxylic acids is 3. The maximum Gasteiger partial charge on any atom is 0.341 e. The predicted octanol–water partition coefficient (Wildman–Crippen LogP) is 4.74. The van der Waals surface area contributed by atoms with Crippen LogP contribution >= 0.6 is 11.3 Å². The fourth-order valence-electron chi connectivity index (χ4n) is 4.36.